The maximum Gasteiger partial charge on any atom is 0.333 e. The average molecular weight is 1460 g/mol. The summed E-state index contributed by atoms with van der Waals surface area (Å²) < 4.78 is 102. The molecule has 2 heterocycles. The van der Waals surface area contributed by atoms with E-state index in [1.165, 1.54) is 111 Å². The summed E-state index contributed by atoms with van der Waals surface area (Å²) in [6.45, 7) is 10.5. The van der Waals surface area contributed by atoms with Crippen molar-refractivity contribution in [3.8, 4) is 46.0 Å². The monoisotopic (exact) mass is 1460 g/mol. The highest BCUT2D eigenvalue weighted by Crippen LogP contribution is 2.58. The third-order valence-electron chi connectivity index (χ3n) is 20.0. The van der Waals surface area contributed by atoms with Crippen LogP contribution in [-0.2, 0) is 41.5 Å². The number of nitrogens with one attached hydrogen (secondary N) is 2. The highest BCUT2D eigenvalue weighted by molar-refractivity contribution is 6.45. The number of hydrogen-bond donors (Lipinski definition) is 2. The summed E-state index contributed by atoms with van der Waals surface area (Å²) in [6, 6.07) is 38.2. The summed E-state index contributed by atoms with van der Waals surface area (Å²) in [5, 5.41) is 5.51. The van der Waals surface area contributed by atoms with Gasteiger partial charge in [0.2, 0.25) is 11.8 Å². The van der Waals surface area contributed by atoms with Crippen molar-refractivity contribution in [1.29, 1.82) is 0 Å². The topological polar surface area (TPSA) is 222 Å². The van der Waals surface area contributed by atoms with Crippen molar-refractivity contribution >= 4 is 90.5 Å². The van der Waals surface area contributed by atoms with E-state index < -0.39 is 107 Å². The third-order valence-corrected chi connectivity index (χ3v) is 20.0. The lowest BCUT2D eigenvalue weighted by atomic mass is 9.80. The predicted molar refractivity (Wildman–Crippen MR) is 393 cm³/mol. The first-order valence-corrected chi connectivity index (χ1v) is 35.4. The van der Waals surface area contributed by atoms with Gasteiger partial charge in [-0.2, -0.15) is 0 Å². The predicted octanol–water partition coefficient (Wildman–Crippen LogP) is 17.0. The number of esters is 2. The fourth-order valence-electron chi connectivity index (χ4n) is 15.2. The Balaban J connectivity index is 1.01. The van der Waals surface area contributed by atoms with Gasteiger partial charge in [0, 0.05) is 116 Å². The van der Waals surface area contributed by atoms with Crippen molar-refractivity contribution in [2.75, 3.05) is 0 Å². The van der Waals surface area contributed by atoms with Gasteiger partial charge in [-0.3, -0.25) is 38.6 Å². The van der Waals surface area contributed by atoms with Crippen LogP contribution in [0.5, 0.6) is 46.0 Å². The number of fused-ring (bicyclic) bond motifs is 2. The van der Waals surface area contributed by atoms with E-state index in [0.29, 0.717) is 49.7 Å². The minimum absolute atomic E-state index is 0.0662. The number of carbonyl (C=O) groups is 8. The van der Waals surface area contributed by atoms with Crippen molar-refractivity contribution in [3.05, 3.63) is 263 Å². The summed E-state index contributed by atoms with van der Waals surface area (Å²) in [6.07, 6.45) is 1.67. The van der Waals surface area contributed by atoms with Crippen molar-refractivity contribution < 1.29 is 84.3 Å². The zero-order valence-electron chi connectivity index (χ0n) is 58.4. The molecule has 2 N–H and O–H groups in total. The fraction of sp³-hybridized carbons (Fsp3) is 0.209. The second kappa shape index (κ2) is 29.3. The molecule has 22 heteroatoms. The highest BCUT2D eigenvalue weighted by Gasteiger charge is 2.47. The molecule has 6 unspecified atom stereocenters. The van der Waals surface area contributed by atoms with E-state index in [2.05, 4.69) is 23.8 Å². The molecule has 2 aliphatic carbocycles. The van der Waals surface area contributed by atoms with E-state index >= 15 is 46.3 Å². The van der Waals surface area contributed by atoms with Crippen LogP contribution in [0.4, 0.5) is 17.6 Å². The first kappa shape index (κ1) is 70.9. The van der Waals surface area contributed by atoms with Crippen molar-refractivity contribution in [3.63, 3.8) is 0 Å². The van der Waals surface area contributed by atoms with Gasteiger partial charge in [0.15, 0.2) is 0 Å². The average Bonchev–Trinajstić information content (AvgIpc) is 0.671. The molecule has 0 bridgehead atoms. The fourth-order valence-corrected chi connectivity index (χ4v) is 15.2. The largest absolute Gasteiger partial charge is 0.459 e. The quantitative estimate of drug-likeness (QED) is 0.0161. The maximum absolute atomic E-state index is 16.5. The van der Waals surface area contributed by atoms with Gasteiger partial charge in [0.25, 0.3) is 23.6 Å². The molecule has 0 radical (unpaired) electrons. The summed E-state index contributed by atoms with van der Waals surface area (Å²) in [7, 11) is 0. The first-order chi connectivity index (χ1) is 52.1. The van der Waals surface area contributed by atoms with Crippen LogP contribution in [0, 0.1) is 23.3 Å². The molecule has 11 aromatic carbocycles. The molecule has 0 spiro atoms. The summed E-state index contributed by atoms with van der Waals surface area (Å²) in [4.78, 5) is 124. The van der Waals surface area contributed by atoms with Crippen LogP contribution in [0.15, 0.2) is 206 Å². The minimum atomic E-state index is -1.62. The van der Waals surface area contributed by atoms with Gasteiger partial charge in [-0.1, -0.05) is 98.1 Å². The molecule has 18 nitrogen and oxygen atoms in total. The summed E-state index contributed by atoms with van der Waals surface area (Å²) in [5.41, 5.74) is 0.388. The lowest BCUT2D eigenvalue weighted by molar-refractivity contribution is -0.147. The van der Waals surface area contributed by atoms with E-state index in [1.807, 2.05) is 0 Å². The highest BCUT2D eigenvalue weighted by atomic mass is 19.1. The number of amides is 6. The van der Waals surface area contributed by atoms with E-state index in [0.717, 1.165) is 34.1 Å². The van der Waals surface area contributed by atoms with Gasteiger partial charge >= 0.3 is 11.9 Å². The Bertz CT molecular complexity index is 5020. The Morgan fingerprint density at radius 3 is 0.972 bits per heavy atom. The molecule has 108 heavy (non-hydrogen) atoms. The van der Waals surface area contributed by atoms with Crippen LogP contribution in [-0.4, -0.2) is 93.6 Å². The van der Waals surface area contributed by atoms with Crippen LogP contribution in [0.3, 0.4) is 0 Å². The molecule has 2 saturated carbocycles. The molecular weight excluding hydrogens is 1390 g/mol. The molecule has 4 aliphatic rings. The van der Waals surface area contributed by atoms with Crippen molar-refractivity contribution in [1.82, 2.24) is 20.4 Å². The molecule has 2 fully saturated rings. The second-order valence-corrected chi connectivity index (χ2v) is 27.7. The van der Waals surface area contributed by atoms with Crippen LogP contribution >= 0.6 is 0 Å². The molecule has 15 rings (SSSR count). The maximum atomic E-state index is 16.5. The standard InChI is InChI=1S/C86H68F4N4O14/c1-45(2)85(101)107-59-31-15-25-53(39-59)91-79(95)65(33-47-17-7-5-8-18-47)93-81(97)61-41-67(103-55-27-11-21-49(87)35-55)73-75-69(105-57-29-13-23-51(89)37-57)43-63-72-64(84(100)94(83(63)99)66(34-48-19-9-6-10-20-48)80(96)92-54-26-16-32-60(40-54)108-86(102)46(3)4)44-70(106-58-30-14-24-52(90)38-58)76(78(72)75)74-68(104-56-28-12-22-50(88)36-56)42-62(82(93)98)71(61)77(73)74/h5-14,17-24,27-30,35-38,41-44,53-54,59-60,65-66H,1,3,15-16,25-26,31-34,39-40H2,2,4H3,(H,91,95)(H,92,96). The van der Waals surface area contributed by atoms with E-state index in [1.54, 1.807) is 60.7 Å². The number of imide groups is 2. The van der Waals surface area contributed by atoms with Crippen LogP contribution in [0.25, 0.3) is 43.1 Å². The summed E-state index contributed by atoms with van der Waals surface area (Å²) >= 11 is 0. The van der Waals surface area contributed by atoms with Gasteiger partial charge in [-0.25, -0.2) is 27.2 Å². The van der Waals surface area contributed by atoms with Gasteiger partial charge < -0.3 is 39.1 Å². The molecule has 0 aromatic heterocycles. The molecular formula is C86H68F4N4O14. The minimum Gasteiger partial charge on any atom is -0.459 e. The van der Waals surface area contributed by atoms with Crippen molar-refractivity contribution in [2.45, 2.75) is 114 Å². The number of ether oxygens (including phenoxy) is 6. The van der Waals surface area contributed by atoms with Gasteiger partial charge in [-0.15, -0.1) is 0 Å². The SMILES string of the molecule is C=C(C)C(=O)OC1CCCC(NC(=O)C(Cc2ccccc2)N2C(=O)c3cc(Oc4cccc(F)c4)c4c5c(Oc6cccc(F)c6)cc6c7c(cc(Oc8cccc(F)c8)c(c8c(Oc9cccc(F)c9)cc(c3c48)C2=O)c75)C(=O)N(C(Cc2ccccc2)C(=O)NC2CCCC(OC(=O)C(=C)C)C2)C6=O)C1. The van der Waals surface area contributed by atoms with Crippen molar-refractivity contribution in [2.24, 2.45) is 0 Å². The second-order valence-electron chi connectivity index (χ2n) is 27.7. The molecule has 544 valence electrons. The molecule has 2 aliphatic heterocycles. The molecule has 6 atom stereocenters. The lowest BCUT2D eigenvalue weighted by Gasteiger charge is -2.37. The van der Waals surface area contributed by atoms with Crippen LogP contribution < -0.4 is 29.6 Å². The van der Waals surface area contributed by atoms with E-state index in [-0.39, 0.29) is 148 Å². The summed E-state index contributed by atoms with van der Waals surface area (Å²) in [5.74, 6) is -11.6. The number of nitrogens with zero attached hydrogens (tertiary/aromatic N) is 2. The van der Waals surface area contributed by atoms with Crippen LogP contribution in [0.2, 0.25) is 0 Å². The molecule has 11 aromatic rings. The Kier molecular flexibility index (Phi) is 19.3. The zero-order valence-corrected chi connectivity index (χ0v) is 58.4. The van der Waals surface area contributed by atoms with E-state index in [4.69, 9.17) is 28.4 Å². The Morgan fingerprint density at radius 2 is 0.694 bits per heavy atom. The number of hydrogen-bond acceptors (Lipinski definition) is 14. The first-order valence-electron chi connectivity index (χ1n) is 35.4. The third kappa shape index (κ3) is 13.9. The molecule has 0 saturated heterocycles. The Labute approximate surface area is 615 Å². The number of halogens is 4. The van der Waals surface area contributed by atoms with Crippen LogP contribution in [0.1, 0.15) is 118 Å². The Hall–Kier alpha value is -12.7. The van der Waals surface area contributed by atoms with Gasteiger partial charge in [0.1, 0.15) is 93.6 Å². The number of carbonyl (C=O) groups excluding carboxylic acids is 8. The molecule has 6 amide bonds. The number of benzene rings is 11. The van der Waals surface area contributed by atoms with Gasteiger partial charge in [0.05, 0.1) is 22.3 Å². The zero-order chi connectivity index (χ0) is 75.3. The van der Waals surface area contributed by atoms with E-state index in [9.17, 15) is 9.59 Å². The lowest BCUT2D eigenvalue weighted by Crippen LogP contribution is -2.56. The number of rotatable bonds is 22. The Morgan fingerprint density at radius 1 is 0.398 bits per heavy atom. The smallest absolute Gasteiger partial charge is 0.333 e. The normalized spacial score (nSPS) is 17.5. The van der Waals surface area contributed by atoms with Gasteiger partial charge in [-0.05, 0) is 136 Å².